The molecule has 1 aromatic carbocycles. The van der Waals surface area contributed by atoms with Crippen molar-refractivity contribution < 1.29 is 9.53 Å². The number of ether oxygens (including phenoxy) is 1. The van der Waals surface area contributed by atoms with Gasteiger partial charge in [-0.15, -0.1) is 11.8 Å². The van der Waals surface area contributed by atoms with E-state index in [1.54, 1.807) is 11.8 Å². The Morgan fingerprint density at radius 3 is 2.89 bits per heavy atom. The molecule has 0 spiro atoms. The quantitative estimate of drug-likeness (QED) is 0.620. The molecule has 0 amide bonds. The van der Waals surface area contributed by atoms with Gasteiger partial charge in [0.25, 0.3) is 0 Å². The molecule has 1 aromatic rings. The predicted molar refractivity (Wildman–Crippen MR) is 78.8 cm³/mol. The average molecular weight is 300 g/mol. The summed E-state index contributed by atoms with van der Waals surface area (Å²) < 4.78 is 5.10. The second kappa shape index (κ2) is 7.17. The first kappa shape index (κ1) is 14.7. The highest BCUT2D eigenvalue weighted by atomic mass is 35.5. The van der Waals surface area contributed by atoms with Crippen LogP contribution in [0.1, 0.15) is 19.8 Å². The second-order valence-electron chi connectivity index (χ2n) is 4.49. The number of carbonyl (C=O) groups is 1. The lowest BCUT2D eigenvalue weighted by atomic mass is 10.3. The number of thioether (sulfide) groups is 1. The topological polar surface area (TPSA) is 38.3 Å². The summed E-state index contributed by atoms with van der Waals surface area (Å²) in [5.74, 6) is 0.466. The third-order valence-corrected chi connectivity index (χ3v) is 4.44. The molecule has 1 aliphatic rings. The van der Waals surface area contributed by atoms with Gasteiger partial charge in [0.05, 0.1) is 11.6 Å². The first-order valence-corrected chi connectivity index (χ1v) is 7.87. The highest BCUT2D eigenvalue weighted by molar-refractivity contribution is 7.99. The van der Waals surface area contributed by atoms with Crippen LogP contribution in [-0.4, -0.2) is 30.4 Å². The summed E-state index contributed by atoms with van der Waals surface area (Å²) in [7, 11) is 0. The van der Waals surface area contributed by atoms with E-state index in [4.69, 9.17) is 16.3 Å². The Hall–Kier alpha value is -0.710. The Labute approximate surface area is 123 Å². The van der Waals surface area contributed by atoms with Crippen molar-refractivity contribution in [3.8, 4) is 0 Å². The molecule has 1 atom stereocenters. The predicted octanol–water partition coefficient (Wildman–Crippen LogP) is 3.12. The van der Waals surface area contributed by atoms with Crippen molar-refractivity contribution in [1.82, 2.24) is 5.32 Å². The zero-order valence-electron chi connectivity index (χ0n) is 10.9. The number of hydrogen-bond acceptors (Lipinski definition) is 4. The summed E-state index contributed by atoms with van der Waals surface area (Å²) >= 11 is 7.69. The van der Waals surface area contributed by atoms with Gasteiger partial charge in [0, 0.05) is 16.7 Å². The zero-order chi connectivity index (χ0) is 13.7. The van der Waals surface area contributed by atoms with Crippen molar-refractivity contribution in [3.05, 3.63) is 29.3 Å². The molecule has 0 heterocycles. The van der Waals surface area contributed by atoms with Crippen LogP contribution >= 0.6 is 23.4 Å². The summed E-state index contributed by atoms with van der Waals surface area (Å²) in [5, 5.41) is 4.05. The molecule has 5 heteroatoms. The van der Waals surface area contributed by atoms with E-state index in [2.05, 4.69) is 5.32 Å². The molecule has 1 N–H and O–H groups in total. The van der Waals surface area contributed by atoms with Crippen molar-refractivity contribution in [2.75, 3.05) is 12.4 Å². The van der Waals surface area contributed by atoms with Crippen LogP contribution < -0.4 is 5.32 Å². The molecule has 0 aromatic heterocycles. The van der Waals surface area contributed by atoms with Gasteiger partial charge in [-0.1, -0.05) is 23.7 Å². The normalized spacial score (nSPS) is 16.1. The Bertz CT molecular complexity index is 437. The van der Waals surface area contributed by atoms with Crippen LogP contribution in [0.2, 0.25) is 5.02 Å². The van der Waals surface area contributed by atoms with E-state index < -0.39 is 0 Å². The van der Waals surface area contributed by atoms with Gasteiger partial charge in [-0.3, -0.25) is 4.79 Å². The smallest absolute Gasteiger partial charge is 0.324 e. The minimum absolute atomic E-state index is 0.172. The maximum atomic E-state index is 11.9. The van der Waals surface area contributed by atoms with E-state index in [-0.39, 0.29) is 12.0 Å². The summed E-state index contributed by atoms with van der Waals surface area (Å²) in [5.41, 5.74) is 0. The summed E-state index contributed by atoms with van der Waals surface area (Å²) in [6, 6.07) is 7.89. The number of esters is 1. The maximum Gasteiger partial charge on any atom is 0.324 e. The van der Waals surface area contributed by atoms with Crippen LogP contribution in [0.3, 0.4) is 0 Å². The lowest BCUT2D eigenvalue weighted by Crippen LogP contribution is -2.41. The third kappa shape index (κ3) is 4.71. The van der Waals surface area contributed by atoms with Gasteiger partial charge in [-0.2, -0.15) is 0 Å². The van der Waals surface area contributed by atoms with Crippen molar-refractivity contribution in [3.63, 3.8) is 0 Å². The van der Waals surface area contributed by atoms with E-state index in [0.29, 0.717) is 18.4 Å². The molecule has 0 saturated heterocycles. The number of hydrogen-bond donors (Lipinski definition) is 1. The number of benzene rings is 1. The van der Waals surface area contributed by atoms with Crippen molar-refractivity contribution in [2.45, 2.75) is 36.7 Å². The largest absolute Gasteiger partial charge is 0.465 e. The third-order valence-electron chi connectivity index (χ3n) is 2.83. The zero-order valence-corrected chi connectivity index (χ0v) is 12.5. The van der Waals surface area contributed by atoms with E-state index in [0.717, 1.165) is 22.8 Å². The molecule has 0 bridgehead atoms. The highest BCUT2D eigenvalue weighted by Gasteiger charge is 2.29. The molecule has 0 radical (unpaired) electrons. The fourth-order valence-corrected chi connectivity index (χ4v) is 2.96. The van der Waals surface area contributed by atoms with E-state index in [1.165, 1.54) is 0 Å². The van der Waals surface area contributed by atoms with Gasteiger partial charge in [-0.05, 0) is 31.9 Å². The molecule has 1 fully saturated rings. The Kier molecular flexibility index (Phi) is 5.55. The lowest BCUT2D eigenvalue weighted by molar-refractivity contribution is -0.145. The summed E-state index contributed by atoms with van der Waals surface area (Å²) in [6.07, 6.45) is 2.29. The Morgan fingerprint density at radius 2 is 2.26 bits per heavy atom. The van der Waals surface area contributed by atoms with Gasteiger partial charge in [0.1, 0.15) is 6.04 Å². The van der Waals surface area contributed by atoms with Crippen LogP contribution in [-0.2, 0) is 9.53 Å². The van der Waals surface area contributed by atoms with Crippen LogP contribution in [0.25, 0.3) is 0 Å². The molecule has 1 unspecified atom stereocenters. The number of rotatable bonds is 7. The van der Waals surface area contributed by atoms with Gasteiger partial charge < -0.3 is 10.1 Å². The van der Waals surface area contributed by atoms with Crippen LogP contribution in [0.15, 0.2) is 29.2 Å². The van der Waals surface area contributed by atoms with Crippen LogP contribution in [0, 0.1) is 0 Å². The monoisotopic (exact) mass is 299 g/mol. The van der Waals surface area contributed by atoms with E-state index >= 15 is 0 Å². The fraction of sp³-hybridized carbons (Fsp3) is 0.500. The molecule has 19 heavy (non-hydrogen) atoms. The summed E-state index contributed by atoms with van der Waals surface area (Å²) in [4.78, 5) is 12.9. The molecule has 3 nitrogen and oxygen atoms in total. The standard InChI is InChI=1S/C14H18ClNO2S/c1-2-18-14(17)12(16-10-7-8-10)9-19-13-6-4-3-5-11(13)15/h3-6,10,12,16H,2,7-9H2,1H3. The molecule has 0 aliphatic heterocycles. The van der Waals surface area contributed by atoms with Crippen LogP contribution in [0.5, 0.6) is 0 Å². The number of halogens is 1. The molecule has 104 valence electrons. The van der Waals surface area contributed by atoms with Crippen LogP contribution in [0.4, 0.5) is 0 Å². The first-order valence-electron chi connectivity index (χ1n) is 6.50. The number of carbonyl (C=O) groups excluding carboxylic acids is 1. The number of nitrogens with one attached hydrogen (secondary N) is 1. The molecule has 1 saturated carbocycles. The Morgan fingerprint density at radius 1 is 1.53 bits per heavy atom. The SMILES string of the molecule is CCOC(=O)C(CSc1ccccc1Cl)NC1CC1. The van der Waals surface area contributed by atoms with E-state index in [9.17, 15) is 4.79 Å². The fourth-order valence-electron chi connectivity index (χ4n) is 1.70. The van der Waals surface area contributed by atoms with Gasteiger partial charge in [-0.25, -0.2) is 0 Å². The molecular weight excluding hydrogens is 282 g/mol. The molecular formula is C14H18ClNO2S. The lowest BCUT2D eigenvalue weighted by Gasteiger charge is -2.16. The van der Waals surface area contributed by atoms with Gasteiger partial charge >= 0.3 is 5.97 Å². The minimum Gasteiger partial charge on any atom is -0.465 e. The minimum atomic E-state index is -0.256. The van der Waals surface area contributed by atoms with Crippen molar-refractivity contribution in [1.29, 1.82) is 0 Å². The second-order valence-corrected chi connectivity index (χ2v) is 5.96. The summed E-state index contributed by atoms with van der Waals surface area (Å²) in [6.45, 7) is 2.24. The van der Waals surface area contributed by atoms with Gasteiger partial charge in [0.15, 0.2) is 0 Å². The highest BCUT2D eigenvalue weighted by Crippen LogP contribution is 2.28. The maximum absolute atomic E-state index is 11.9. The van der Waals surface area contributed by atoms with E-state index in [1.807, 2.05) is 31.2 Å². The van der Waals surface area contributed by atoms with Gasteiger partial charge in [0.2, 0.25) is 0 Å². The van der Waals surface area contributed by atoms with Crippen molar-refractivity contribution >= 4 is 29.3 Å². The molecule has 2 rings (SSSR count). The van der Waals surface area contributed by atoms with Crippen molar-refractivity contribution in [2.24, 2.45) is 0 Å². The molecule has 1 aliphatic carbocycles. The Balaban J connectivity index is 1.91. The first-order chi connectivity index (χ1) is 9.20. The average Bonchev–Trinajstić information content (AvgIpc) is 3.20.